The van der Waals surface area contributed by atoms with Crippen molar-refractivity contribution in [3.8, 4) is 40.3 Å². The van der Waals surface area contributed by atoms with Gasteiger partial charge in [0.1, 0.15) is 29.3 Å². The van der Waals surface area contributed by atoms with Crippen LogP contribution in [0.2, 0.25) is 0 Å². The molecule has 0 aliphatic rings. The summed E-state index contributed by atoms with van der Waals surface area (Å²) in [5, 5.41) is 20.6. The average Bonchev–Trinajstić information content (AvgIpc) is 3.17. The van der Waals surface area contributed by atoms with Gasteiger partial charge in [-0.15, -0.1) is 0 Å². The number of aromatic nitrogens is 2. The molecule has 0 atom stereocenters. The van der Waals surface area contributed by atoms with E-state index in [2.05, 4.69) is 22.1 Å². The van der Waals surface area contributed by atoms with E-state index in [4.69, 9.17) is 10.5 Å². The number of H-pyrrole nitrogens is 1. The van der Waals surface area contributed by atoms with Crippen molar-refractivity contribution < 1.29 is 4.74 Å². The van der Waals surface area contributed by atoms with Gasteiger partial charge in [-0.2, -0.15) is 10.5 Å². The maximum Gasteiger partial charge on any atom is 0.142 e. The fourth-order valence-electron chi connectivity index (χ4n) is 3.33. The Morgan fingerprint density at radius 1 is 1.00 bits per heavy atom. The van der Waals surface area contributed by atoms with Crippen LogP contribution in [0.1, 0.15) is 11.1 Å². The molecule has 4 aromatic rings. The Labute approximate surface area is 161 Å². The maximum absolute atomic E-state index is 9.97. The van der Waals surface area contributed by atoms with E-state index in [1.165, 1.54) is 0 Å². The number of fused-ring (bicyclic) bond motifs is 1. The van der Waals surface area contributed by atoms with Gasteiger partial charge in [0, 0.05) is 28.2 Å². The zero-order chi connectivity index (χ0) is 19.7. The summed E-state index contributed by atoms with van der Waals surface area (Å²) in [4.78, 5) is 7.60. The Morgan fingerprint density at radius 2 is 1.71 bits per heavy atom. The number of hydrogen-bond donors (Lipinski definition) is 2. The minimum atomic E-state index is 0.0904. The molecule has 0 saturated carbocycles. The molecule has 134 valence electrons. The van der Waals surface area contributed by atoms with Crippen LogP contribution in [-0.2, 0) is 0 Å². The van der Waals surface area contributed by atoms with Crippen LogP contribution in [-0.4, -0.2) is 17.1 Å². The zero-order valence-electron chi connectivity index (χ0n) is 15.0. The third kappa shape index (κ3) is 2.61. The number of benzene rings is 2. The van der Waals surface area contributed by atoms with Crippen molar-refractivity contribution in [3.05, 3.63) is 65.9 Å². The average molecular weight is 365 g/mol. The SMILES string of the molecule is COc1ccc(-c2c(C#N)c(N)nc(-c3c[nH]c4ccccc34)c2C#N)cc1. The summed E-state index contributed by atoms with van der Waals surface area (Å²) in [5.41, 5.74) is 9.92. The largest absolute Gasteiger partial charge is 0.497 e. The van der Waals surface area contributed by atoms with E-state index in [1.807, 2.05) is 24.3 Å². The van der Waals surface area contributed by atoms with Crippen LogP contribution in [0.25, 0.3) is 33.3 Å². The van der Waals surface area contributed by atoms with Gasteiger partial charge in [0.2, 0.25) is 0 Å². The molecule has 0 bridgehead atoms. The van der Waals surface area contributed by atoms with Crippen molar-refractivity contribution in [1.29, 1.82) is 10.5 Å². The van der Waals surface area contributed by atoms with Crippen LogP contribution in [0.4, 0.5) is 5.82 Å². The molecule has 2 heterocycles. The van der Waals surface area contributed by atoms with Crippen LogP contribution < -0.4 is 10.5 Å². The maximum atomic E-state index is 9.97. The van der Waals surface area contributed by atoms with Gasteiger partial charge in [0.25, 0.3) is 0 Å². The predicted molar refractivity (Wildman–Crippen MR) is 107 cm³/mol. The molecule has 0 aliphatic heterocycles. The topological polar surface area (TPSA) is 112 Å². The number of ether oxygens (including phenoxy) is 1. The van der Waals surface area contributed by atoms with Crippen molar-refractivity contribution in [2.24, 2.45) is 0 Å². The third-order valence-corrected chi connectivity index (χ3v) is 4.67. The Kier molecular flexibility index (Phi) is 4.16. The number of nitrogen functional groups attached to an aromatic ring is 1. The molecule has 4 rings (SSSR count). The van der Waals surface area contributed by atoms with E-state index >= 15 is 0 Å². The first kappa shape index (κ1) is 17.1. The summed E-state index contributed by atoms with van der Waals surface area (Å²) in [5.74, 6) is 0.771. The number of anilines is 1. The number of nitrogens with zero attached hydrogens (tertiary/aromatic N) is 3. The van der Waals surface area contributed by atoms with Gasteiger partial charge >= 0.3 is 0 Å². The molecule has 0 fully saturated rings. The van der Waals surface area contributed by atoms with E-state index < -0.39 is 0 Å². The number of aromatic amines is 1. The Morgan fingerprint density at radius 3 is 2.39 bits per heavy atom. The first-order valence-electron chi connectivity index (χ1n) is 8.52. The molecular weight excluding hydrogens is 350 g/mol. The molecule has 0 spiro atoms. The van der Waals surface area contributed by atoms with Gasteiger partial charge in [0.15, 0.2) is 0 Å². The zero-order valence-corrected chi connectivity index (χ0v) is 15.0. The second kappa shape index (κ2) is 6.79. The third-order valence-electron chi connectivity index (χ3n) is 4.67. The lowest BCUT2D eigenvalue weighted by Gasteiger charge is -2.13. The van der Waals surface area contributed by atoms with Crippen LogP contribution in [0.15, 0.2) is 54.7 Å². The Bertz CT molecular complexity index is 1270. The lowest BCUT2D eigenvalue weighted by molar-refractivity contribution is 0.415. The standard InChI is InChI=1S/C22H15N5O/c1-28-14-8-6-13(7-9-14)20-16(10-23)21(27-22(25)17(20)11-24)18-12-26-19-5-3-2-4-15(18)19/h2-9,12,26H,1H3,(H2,25,27). The molecule has 28 heavy (non-hydrogen) atoms. The van der Waals surface area contributed by atoms with Crippen molar-refractivity contribution in [2.75, 3.05) is 12.8 Å². The van der Waals surface area contributed by atoms with Gasteiger partial charge in [-0.05, 0) is 23.8 Å². The molecule has 2 aromatic heterocycles. The number of pyridine rings is 1. The number of methoxy groups -OCH3 is 1. The highest BCUT2D eigenvalue weighted by Crippen LogP contribution is 2.38. The quantitative estimate of drug-likeness (QED) is 0.564. The molecule has 0 radical (unpaired) electrons. The molecule has 0 saturated heterocycles. The van der Waals surface area contributed by atoms with Gasteiger partial charge in [-0.25, -0.2) is 4.98 Å². The van der Waals surface area contributed by atoms with Crippen molar-refractivity contribution in [3.63, 3.8) is 0 Å². The summed E-state index contributed by atoms with van der Waals surface area (Å²) in [6.07, 6.45) is 1.80. The van der Waals surface area contributed by atoms with Crippen LogP contribution in [0, 0.1) is 22.7 Å². The lowest BCUT2D eigenvalue weighted by atomic mass is 9.92. The van der Waals surface area contributed by atoms with E-state index in [1.54, 1.807) is 37.6 Å². The number of hydrogen-bond acceptors (Lipinski definition) is 5. The van der Waals surface area contributed by atoms with E-state index in [-0.39, 0.29) is 11.4 Å². The van der Waals surface area contributed by atoms with Gasteiger partial charge in [-0.3, -0.25) is 0 Å². The molecule has 2 aromatic carbocycles. The van der Waals surface area contributed by atoms with Crippen molar-refractivity contribution in [2.45, 2.75) is 0 Å². The van der Waals surface area contributed by atoms with E-state index in [9.17, 15) is 10.5 Å². The highest BCUT2D eigenvalue weighted by molar-refractivity contribution is 5.98. The highest BCUT2D eigenvalue weighted by atomic mass is 16.5. The smallest absolute Gasteiger partial charge is 0.142 e. The van der Waals surface area contributed by atoms with Gasteiger partial charge in [-0.1, -0.05) is 30.3 Å². The number of nitrogens with two attached hydrogens (primary N) is 1. The monoisotopic (exact) mass is 365 g/mol. The molecule has 6 nitrogen and oxygen atoms in total. The van der Waals surface area contributed by atoms with Gasteiger partial charge in [0.05, 0.1) is 18.4 Å². The summed E-state index contributed by atoms with van der Waals surface area (Å²) < 4.78 is 5.20. The molecule has 3 N–H and O–H groups in total. The minimum absolute atomic E-state index is 0.0904. The summed E-state index contributed by atoms with van der Waals surface area (Å²) in [6, 6.07) is 19.2. The number of rotatable bonds is 3. The molecular formula is C22H15N5O. The second-order valence-electron chi connectivity index (χ2n) is 6.17. The second-order valence-corrected chi connectivity index (χ2v) is 6.17. The van der Waals surface area contributed by atoms with E-state index in [0.29, 0.717) is 28.1 Å². The van der Waals surface area contributed by atoms with Crippen LogP contribution in [0.5, 0.6) is 5.75 Å². The molecule has 0 aliphatic carbocycles. The number of para-hydroxylation sites is 1. The lowest BCUT2D eigenvalue weighted by Crippen LogP contribution is -2.03. The normalized spacial score (nSPS) is 10.4. The van der Waals surface area contributed by atoms with Crippen molar-refractivity contribution in [1.82, 2.24) is 9.97 Å². The number of nitrogens with one attached hydrogen (secondary N) is 1. The fourth-order valence-corrected chi connectivity index (χ4v) is 3.33. The Hall–Kier alpha value is -4.29. The fraction of sp³-hybridized carbons (Fsp3) is 0.0455. The minimum Gasteiger partial charge on any atom is -0.497 e. The molecule has 6 heteroatoms. The number of nitriles is 2. The summed E-state index contributed by atoms with van der Waals surface area (Å²) in [6.45, 7) is 0. The first-order valence-corrected chi connectivity index (χ1v) is 8.52. The van der Waals surface area contributed by atoms with E-state index in [0.717, 1.165) is 16.5 Å². The van der Waals surface area contributed by atoms with Crippen LogP contribution >= 0.6 is 0 Å². The molecule has 0 amide bonds. The Balaban J connectivity index is 2.05. The van der Waals surface area contributed by atoms with Crippen molar-refractivity contribution >= 4 is 16.7 Å². The highest BCUT2D eigenvalue weighted by Gasteiger charge is 2.22. The van der Waals surface area contributed by atoms with Gasteiger partial charge < -0.3 is 15.5 Å². The predicted octanol–water partition coefficient (Wildman–Crippen LogP) is 4.23. The van der Waals surface area contributed by atoms with Crippen LogP contribution in [0.3, 0.4) is 0 Å². The first-order chi connectivity index (χ1) is 13.7. The summed E-state index contributed by atoms with van der Waals surface area (Å²) in [7, 11) is 1.58. The molecule has 0 unspecified atom stereocenters. The summed E-state index contributed by atoms with van der Waals surface area (Å²) >= 11 is 0.